The second-order valence-corrected chi connectivity index (χ2v) is 6.87. The van der Waals surface area contributed by atoms with E-state index in [2.05, 4.69) is 16.8 Å². The van der Waals surface area contributed by atoms with Gasteiger partial charge in [-0.15, -0.1) is 0 Å². The molecule has 21 heavy (non-hydrogen) atoms. The second kappa shape index (κ2) is 6.54. The summed E-state index contributed by atoms with van der Waals surface area (Å²) in [6.07, 6.45) is 2.74. The monoisotopic (exact) mass is 309 g/mol. The summed E-state index contributed by atoms with van der Waals surface area (Å²) < 4.78 is 32.4. The Morgan fingerprint density at radius 3 is 2.95 bits per heavy atom. The molecular formula is C14H19N3O3S. The highest BCUT2D eigenvalue weighted by Crippen LogP contribution is 2.22. The van der Waals surface area contributed by atoms with Gasteiger partial charge >= 0.3 is 0 Å². The summed E-state index contributed by atoms with van der Waals surface area (Å²) >= 11 is 0. The lowest BCUT2D eigenvalue weighted by Gasteiger charge is -2.35. The zero-order valence-electron chi connectivity index (χ0n) is 12.1. The molecule has 2 N–H and O–H groups in total. The number of nitrogens with zero attached hydrogens (tertiary/aromatic N) is 2. The fourth-order valence-electron chi connectivity index (χ4n) is 2.12. The highest BCUT2D eigenvalue weighted by atomic mass is 32.2. The number of pyridine rings is 1. The molecule has 1 fully saturated rings. The summed E-state index contributed by atoms with van der Waals surface area (Å²) in [5.41, 5.74) is 5.85. The first-order valence-electron chi connectivity index (χ1n) is 6.72. The van der Waals surface area contributed by atoms with Gasteiger partial charge in [0.15, 0.2) is 0 Å². The van der Waals surface area contributed by atoms with Gasteiger partial charge in [-0.2, -0.15) is 4.31 Å². The van der Waals surface area contributed by atoms with Crippen molar-refractivity contribution in [2.24, 2.45) is 5.73 Å². The van der Waals surface area contributed by atoms with Crippen LogP contribution < -0.4 is 5.73 Å². The molecule has 2 atom stereocenters. The smallest absolute Gasteiger partial charge is 0.245 e. The number of aromatic nitrogens is 1. The van der Waals surface area contributed by atoms with Crippen LogP contribution in [0.25, 0.3) is 0 Å². The summed E-state index contributed by atoms with van der Waals surface area (Å²) in [5.74, 6) is 5.48. The molecule has 1 aliphatic heterocycles. The predicted octanol–water partition coefficient (Wildman–Crippen LogP) is 0.190. The van der Waals surface area contributed by atoms with Gasteiger partial charge in [-0.3, -0.25) is 4.98 Å². The Balaban J connectivity index is 2.34. The summed E-state index contributed by atoms with van der Waals surface area (Å²) in [4.78, 5) is 4.11. The van der Waals surface area contributed by atoms with Gasteiger partial charge in [0.05, 0.1) is 19.3 Å². The molecule has 1 aromatic rings. The highest BCUT2D eigenvalue weighted by molar-refractivity contribution is 7.89. The second-order valence-electron chi connectivity index (χ2n) is 4.98. The van der Waals surface area contributed by atoms with Crippen LogP contribution in [-0.4, -0.2) is 49.5 Å². The van der Waals surface area contributed by atoms with Crippen LogP contribution in [0.4, 0.5) is 0 Å². The van der Waals surface area contributed by atoms with Crippen molar-refractivity contribution in [3.63, 3.8) is 0 Å². The topological polar surface area (TPSA) is 85.5 Å². The molecule has 0 bridgehead atoms. The average Bonchev–Trinajstić information content (AvgIpc) is 2.48. The van der Waals surface area contributed by atoms with E-state index < -0.39 is 10.0 Å². The zero-order valence-corrected chi connectivity index (χ0v) is 12.9. The number of ether oxygens (including phenoxy) is 1. The maximum Gasteiger partial charge on any atom is 0.245 e. The van der Waals surface area contributed by atoms with E-state index in [9.17, 15) is 8.42 Å². The Hall–Kier alpha value is -1.46. The van der Waals surface area contributed by atoms with Gasteiger partial charge in [0.1, 0.15) is 4.90 Å². The molecule has 1 aromatic heterocycles. The molecular weight excluding hydrogens is 290 g/mol. The van der Waals surface area contributed by atoms with Crippen molar-refractivity contribution in [1.29, 1.82) is 0 Å². The number of morpholine rings is 1. The van der Waals surface area contributed by atoms with E-state index in [-0.39, 0.29) is 23.6 Å². The molecule has 0 radical (unpaired) electrons. The number of hydrogen-bond acceptors (Lipinski definition) is 5. The molecule has 2 unspecified atom stereocenters. The third-order valence-corrected chi connectivity index (χ3v) is 5.15. The zero-order chi connectivity index (χ0) is 15.5. The van der Waals surface area contributed by atoms with E-state index in [0.29, 0.717) is 18.7 Å². The van der Waals surface area contributed by atoms with Crippen LogP contribution in [0.3, 0.4) is 0 Å². The van der Waals surface area contributed by atoms with Crippen LogP contribution in [0.2, 0.25) is 0 Å². The first-order chi connectivity index (χ1) is 9.95. The lowest BCUT2D eigenvalue weighted by molar-refractivity contribution is -0.0170. The van der Waals surface area contributed by atoms with Crippen molar-refractivity contribution in [2.75, 3.05) is 19.7 Å². The van der Waals surface area contributed by atoms with Crippen LogP contribution in [0, 0.1) is 11.8 Å². The van der Waals surface area contributed by atoms with Crippen molar-refractivity contribution in [3.05, 3.63) is 24.0 Å². The Morgan fingerprint density at radius 1 is 1.48 bits per heavy atom. The van der Waals surface area contributed by atoms with Crippen LogP contribution >= 0.6 is 0 Å². The third kappa shape index (κ3) is 3.60. The van der Waals surface area contributed by atoms with E-state index in [4.69, 9.17) is 10.5 Å². The summed E-state index contributed by atoms with van der Waals surface area (Å²) in [7, 11) is -3.60. The molecule has 1 aliphatic rings. The molecule has 0 aromatic carbocycles. The maximum absolute atomic E-state index is 12.7. The molecule has 0 saturated carbocycles. The lowest BCUT2D eigenvalue weighted by Crippen LogP contribution is -2.50. The van der Waals surface area contributed by atoms with Gasteiger partial charge in [0, 0.05) is 30.5 Å². The number of nitrogens with two attached hydrogens (primary N) is 1. The minimum Gasteiger partial charge on any atom is -0.375 e. The van der Waals surface area contributed by atoms with E-state index in [1.807, 2.05) is 13.8 Å². The number of hydrogen-bond donors (Lipinski definition) is 1. The summed E-state index contributed by atoms with van der Waals surface area (Å²) in [5, 5.41) is 0. The molecule has 2 rings (SSSR count). The Bertz CT molecular complexity index is 664. The molecule has 0 amide bonds. The molecule has 2 heterocycles. The molecule has 6 nitrogen and oxygen atoms in total. The Kier molecular flexibility index (Phi) is 4.96. The fraction of sp³-hybridized carbons (Fsp3) is 0.500. The van der Waals surface area contributed by atoms with E-state index in [1.165, 1.54) is 22.8 Å². The standard InChI is InChI=1S/C14H19N3O3S/c1-11-10-20-12(2)9-17(11)21(18,19)14-6-13(4-3-5-15)7-16-8-14/h6-8,11-12H,5,9-10,15H2,1-2H3. The molecule has 0 spiro atoms. The summed E-state index contributed by atoms with van der Waals surface area (Å²) in [6.45, 7) is 4.63. The third-order valence-electron chi connectivity index (χ3n) is 3.21. The van der Waals surface area contributed by atoms with Crippen molar-refractivity contribution in [3.8, 4) is 11.8 Å². The normalized spacial score (nSPS) is 23.4. The van der Waals surface area contributed by atoms with Gasteiger partial charge in [-0.05, 0) is 19.9 Å². The van der Waals surface area contributed by atoms with Crippen LogP contribution in [0.5, 0.6) is 0 Å². The molecule has 114 valence electrons. The number of rotatable bonds is 2. The predicted molar refractivity (Wildman–Crippen MR) is 78.9 cm³/mol. The van der Waals surface area contributed by atoms with Crippen molar-refractivity contribution in [2.45, 2.75) is 30.9 Å². The van der Waals surface area contributed by atoms with Gasteiger partial charge in [0.25, 0.3) is 0 Å². The first-order valence-corrected chi connectivity index (χ1v) is 8.16. The Morgan fingerprint density at radius 2 is 2.24 bits per heavy atom. The minimum absolute atomic E-state index is 0.121. The molecule has 0 aliphatic carbocycles. The SMILES string of the molecule is CC1CN(S(=O)(=O)c2cncc(C#CCN)c2)C(C)CO1. The van der Waals surface area contributed by atoms with Gasteiger partial charge in [-0.1, -0.05) is 11.8 Å². The fourth-order valence-corrected chi connectivity index (χ4v) is 3.81. The van der Waals surface area contributed by atoms with E-state index in [1.54, 1.807) is 0 Å². The Labute approximate surface area is 125 Å². The average molecular weight is 309 g/mol. The lowest BCUT2D eigenvalue weighted by atomic mass is 10.2. The van der Waals surface area contributed by atoms with Crippen LogP contribution in [0.1, 0.15) is 19.4 Å². The largest absolute Gasteiger partial charge is 0.375 e. The maximum atomic E-state index is 12.7. The van der Waals surface area contributed by atoms with Gasteiger partial charge < -0.3 is 10.5 Å². The quantitative estimate of drug-likeness (QED) is 0.788. The van der Waals surface area contributed by atoms with Gasteiger partial charge in [0.2, 0.25) is 10.0 Å². The first kappa shape index (κ1) is 15.9. The van der Waals surface area contributed by atoms with E-state index in [0.717, 1.165) is 0 Å². The van der Waals surface area contributed by atoms with Crippen molar-refractivity contribution < 1.29 is 13.2 Å². The van der Waals surface area contributed by atoms with Crippen LogP contribution in [-0.2, 0) is 14.8 Å². The highest BCUT2D eigenvalue weighted by Gasteiger charge is 2.34. The van der Waals surface area contributed by atoms with E-state index >= 15 is 0 Å². The molecule has 1 saturated heterocycles. The minimum atomic E-state index is -3.60. The summed E-state index contributed by atoms with van der Waals surface area (Å²) in [6, 6.07) is 1.32. The van der Waals surface area contributed by atoms with Crippen molar-refractivity contribution >= 4 is 10.0 Å². The van der Waals surface area contributed by atoms with Crippen LogP contribution in [0.15, 0.2) is 23.4 Å². The number of sulfonamides is 1. The van der Waals surface area contributed by atoms with Crippen molar-refractivity contribution in [1.82, 2.24) is 9.29 Å². The molecule has 7 heteroatoms. The van der Waals surface area contributed by atoms with Gasteiger partial charge in [-0.25, -0.2) is 8.42 Å².